The highest BCUT2D eigenvalue weighted by Gasteiger charge is 2.28. The van der Waals surface area contributed by atoms with Crippen molar-refractivity contribution in [3.63, 3.8) is 0 Å². The maximum atomic E-state index is 12.5. The van der Waals surface area contributed by atoms with Crippen molar-refractivity contribution in [3.8, 4) is 0 Å². The average Bonchev–Trinajstić information content (AvgIpc) is 2.29. The molecule has 0 aliphatic rings. The van der Waals surface area contributed by atoms with Crippen molar-refractivity contribution >= 4 is 23.5 Å². The number of halogens is 1. The second-order valence-corrected chi connectivity index (χ2v) is 6.29. The molecule has 0 fully saturated rings. The van der Waals surface area contributed by atoms with Crippen molar-refractivity contribution in [1.29, 1.82) is 0 Å². The summed E-state index contributed by atoms with van der Waals surface area (Å²) in [4.78, 5) is 1.70. The molecule has 0 spiro atoms. The maximum Gasteiger partial charge on any atom is 0.357 e. The van der Waals surface area contributed by atoms with Gasteiger partial charge in [-0.1, -0.05) is 42.1 Å². The van der Waals surface area contributed by atoms with Gasteiger partial charge in [-0.15, -0.1) is 0 Å². The first-order valence-electron chi connectivity index (χ1n) is 6.33. The van der Waals surface area contributed by atoms with E-state index in [1.54, 1.807) is 4.99 Å². The Labute approximate surface area is 114 Å². The summed E-state index contributed by atoms with van der Waals surface area (Å²) < 4.78 is 23.1. The van der Waals surface area contributed by atoms with Gasteiger partial charge < -0.3 is 9.05 Å². The molecule has 0 aliphatic heterocycles. The van der Waals surface area contributed by atoms with E-state index in [0.29, 0.717) is 13.2 Å². The number of allylic oxidation sites excluding steroid dienone is 1. The molecular weight excluding hydrogens is 303 g/mol. The Morgan fingerprint density at radius 3 is 2.12 bits per heavy atom. The van der Waals surface area contributed by atoms with Crippen LogP contribution in [-0.2, 0) is 13.6 Å². The van der Waals surface area contributed by atoms with Crippen LogP contribution in [0.1, 0.15) is 52.9 Å². The van der Waals surface area contributed by atoms with Crippen LogP contribution in [0, 0.1) is 0 Å². The third-order valence-electron chi connectivity index (χ3n) is 2.36. The molecule has 0 heterocycles. The Bertz CT molecular complexity index is 256. The van der Waals surface area contributed by atoms with Gasteiger partial charge in [-0.25, -0.2) is 0 Å². The molecule has 0 bridgehead atoms. The van der Waals surface area contributed by atoms with Gasteiger partial charge in [0.05, 0.1) is 13.2 Å². The van der Waals surface area contributed by atoms with Gasteiger partial charge in [0, 0.05) is 5.31 Å². The molecule has 102 valence electrons. The summed E-state index contributed by atoms with van der Waals surface area (Å²) in [6.45, 7) is 6.63. The minimum Gasteiger partial charge on any atom is -0.306 e. The first-order valence-corrected chi connectivity index (χ1v) is 8.79. The van der Waals surface area contributed by atoms with Crippen molar-refractivity contribution in [2.45, 2.75) is 52.9 Å². The molecule has 0 aliphatic carbocycles. The van der Waals surface area contributed by atoms with Gasteiger partial charge in [0.1, 0.15) is 0 Å². The second-order valence-electron chi connectivity index (χ2n) is 3.74. The molecule has 0 saturated carbocycles. The predicted octanol–water partition coefficient (Wildman–Crippen LogP) is 5.46. The summed E-state index contributed by atoms with van der Waals surface area (Å²) in [7, 11) is -3.06. The SMILES string of the molecule is CCCCCC/C(=C/Br)P(=O)(OCC)OCC. The van der Waals surface area contributed by atoms with Crippen LogP contribution in [0.15, 0.2) is 10.3 Å². The first-order chi connectivity index (χ1) is 8.14. The van der Waals surface area contributed by atoms with Gasteiger partial charge in [0.25, 0.3) is 0 Å². The molecule has 0 unspecified atom stereocenters. The Kier molecular flexibility index (Phi) is 10.5. The van der Waals surface area contributed by atoms with E-state index >= 15 is 0 Å². The Balaban J connectivity index is 4.42. The van der Waals surface area contributed by atoms with Gasteiger partial charge in [-0.3, -0.25) is 4.57 Å². The van der Waals surface area contributed by atoms with E-state index in [2.05, 4.69) is 22.9 Å². The lowest BCUT2D eigenvalue weighted by molar-refractivity contribution is 0.225. The van der Waals surface area contributed by atoms with E-state index in [0.717, 1.165) is 24.6 Å². The standard InChI is InChI=1S/C12H24BrO3P/c1-4-7-8-9-10-12(11-13)17(14,15-5-2)16-6-3/h11H,4-10H2,1-3H3/b12-11-. The van der Waals surface area contributed by atoms with Crippen LogP contribution in [0.5, 0.6) is 0 Å². The van der Waals surface area contributed by atoms with Gasteiger partial charge in [0.2, 0.25) is 0 Å². The predicted molar refractivity (Wildman–Crippen MR) is 76.6 cm³/mol. The third kappa shape index (κ3) is 6.76. The Hall–Kier alpha value is 0.370. The van der Waals surface area contributed by atoms with Crippen molar-refractivity contribution in [1.82, 2.24) is 0 Å². The van der Waals surface area contributed by atoms with E-state index in [1.807, 2.05) is 13.8 Å². The number of hydrogen-bond acceptors (Lipinski definition) is 3. The fourth-order valence-electron chi connectivity index (χ4n) is 1.53. The van der Waals surface area contributed by atoms with Crippen molar-refractivity contribution < 1.29 is 13.6 Å². The largest absolute Gasteiger partial charge is 0.357 e. The lowest BCUT2D eigenvalue weighted by Crippen LogP contribution is -1.99. The highest BCUT2D eigenvalue weighted by Crippen LogP contribution is 2.58. The fraction of sp³-hybridized carbons (Fsp3) is 0.833. The molecule has 0 saturated heterocycles. The van der Waals surface area contributed by atoms with Crippen LogP contribution in [-0.4, -0.2) is 13.2 Å². The molecule has 0 N–H and O–H groups in total. The highest BCUT2D eigenvalue weighted by atomic mass is 79.9. The molecule has 0 aromatic rings. The second kappa shape index (κ2) is 10.3. The van der Waals surface area contributed by atoms with E-state index in [-0.39, 0.29) is 0 Å². The van der Waals surface area contributed by atoms with Crippen LogP contribution in [0.2, 0.25) is 0 Å². The van der Waals surface area contributed by atoms with Crippen molar-refractivity contribution in [2.24, 2.45) is 0 Å². The fourth-order valence-corrected chi connectivity index (χ4v) is 4.15. The zero-order valence-electron chi connectivity index (χ0n) is 11.1. The zero-order valence-corrected chi connectivity index (χ0v) is 13.6. The quantitative estimate of drug-likeness (QED) is 0.395. The van der Waals surface area contributed by atoms with E-state index in [9.17, 15) is 4.57 Å². The van der Waals surface area contributed by atoms with E-state index in [4.69, 9.17) is 9.05 Å². The molecule has 0 radical (unpaired) electrons. The normalized spacial score (nSPS) is 13.1. The molecule has 3 nitrogen and oxygen atoms in total. The van der Waals surface area contributed by atoms with Crippen molar-refractivity contribution in [2.75, 3.05) is 13.2 Å². The molecule has 0 aromatic carbocycles. The lowest BCUT2D eigenvalue weighted by atomic mass is 10.1. The van der Waals surface area contributed by atoms with E-state index in [1.165, 1.54) is 12.8 Å². The molecular formula is C12H24BrO3P. The minimum atomic E-state index is -3.06. The summed E-state index contributed by atoms with van der Waals surface area (Å²) >= 11 is 3.27. The van der Waals surface area contributed by atoms with Gasteiger partial charge in [-0.05, 0) is 31.7 Å². The number of unbranched alkanes of at least 4 members (excludes halogenated alkanes) is 3. The zero-order chi connectivity index (χ0) is 13.1. The topological polar surface area (TPSA) is 35.5 Å². The Morgan fingerprint density at radius 2 is 1.71 bits per heavy atom. The molecule has 0 amide bonds. The van der Waals surface area contributed by atoms with Gasteiger partial charge in [0.15, 0.2) is 0 Å². The van der Waals surface area contributed by atoms with Gasteiger partial charge >= 0.3 is 7.60 Å². The molecule has 0 atom stereocenters. The molecule has 0 rings (SSSR count). The number of hydrogen-bond donors (Lipinski definition) is 0. The number of rotatable bonds is 10. The van der Waals surface area contributed by atoms with E-state index < -0.39 is 7.60 Å². The lowest BCUT2D eigenvalue weighted by Gasteiger charge is -2.19. The monoisotopic (exact) mass is 326 g/mol. The Morgan fingerprint density at radius 1 is 1.12 bits per heavy atom. The molecule has 5 heteroatoms. The van der Waals surface area contributed by atoms with Gasteiger partial charge in [-0.2, -0.15) is 0 Å². The summed E-state index contributed by atoms with van der Waals surface area (Å²) in [6, 6.07) is 0. The maximum absolute atomic E-state index is 12.5. The smallest absolute Gasteiger partial charge is 0.306 e. The average molecular weight is 327 g/mol. The van der Waals surface area contributed by atoms with Crippen LogP contribution < -0.4 is 0 Å². The highest BCUT2D eigenvalue weighted by molar-refractivity contribution is 9.11. The molecule has 17 heavy (non-hydrogen) atoms. The van der Waals surface area contributed by atoms with Crippen LogP contribution in [0.25, 0.3) is 0 Å². The van der Waals surface area contributed by atoms with Crippen molar-refractivity contribution in [3.05, 3.63) is 10.3 Å². The van der Waals surface area contributed by atoms with Crippen LogP contribution in [0.3, 0.4) is 0 Å². The third-order valence-corrected chi connectivity index (χ3v) is 5.52. The first kappa shape index (κ1) is 17.4. The summed E-state index contributed by atoms with van der Waals surface area (Å²) in [6.07, 6.45) is 5.35. The van der Waals surface area contributed by atoms with Crippen LogP contribution in [0.4, 0.5) is 0 Å². The molecule has 0 aromatic heterocycles. The minimum absolute atomic E-state index is 0.399. The summed E-state index contributed by atoms with van der Waals surface area (Å²) in [5.74, 6) is 0. The summed E-state index contributed by atoms with van der Waals surface area (Å²) in [5, 5.41) is 0.748. The summed E-state index contributed by atoms with van der Waals surface area (Å²) in [5.41, 5.74) is 0. The van der Waals surface area contributed by atoms with Crippen LogP contribution >= 0.6 is 23.5 Å².